The Balaban J connectivity index is 3.05. The van der Waals surface area contributed by atoms with Crippen LogP contribution in [0.1, 0.15) is 10.4 Å². The van der Waals surface area contributed by atoms with Crippen LogP contribution in [0.5, 0.6) is 0 Å². The van der Waals surface area contributed by atoms with Gasteiger partial charge in [0.15, 0.2) is 0 Å². The van der Waals surface area contributed by atoms with Crippen LogP contribution in [-0.2, 0) is 0 Å². The van der Waals surface area contributed by atoms with Crippen molar-refractivity contribution in [3.05, 3.63) is 38.3 Å². The third-order valence-corrected chi connectivity index (χ3v) is 3.08. The van der Waals surface area contributed by atoms with Gasteiger partial charge in [-0.15, -0.1) is 0 Å². The zero-order chi connectivity index (χ0) is 15.3. The predicted molar refractivity (Wildman–Crippen MR) is 69.8 cm³/mol. The predicted octanol–water partition coefficient (Wildman–Crippen LogP) is 2.06. The van der Waals surface area contributed by atoms with Crippen LogP contribution in [-0.4, -0.2) is 47.0 Å². The minimum absolute atomic E-state index is 0.0889. The van der Waals surface area contributed by atoms with E-state index in [1.165, 1.54) is 12.1 Å². The quantitative estimate of drug-likeness (QED) is 0.627. The molecule has 0 bridgehead atoms. The standard InChI is InChI=1S/C11H11BrF2N2O4/c12-8-2-1-7(5-9(8)16(19)20)11(18)15(3-4-17)6-10(13)14/h1-2,5,10,17H,3-4,6H2. The number of nitrogens with zero attached hydrogens (tertiary/aromatic N) is 2. The maximum atomic E-state index is 12.4. The smallest absolute Gasteiger partial charge is 0.284 e. The van der Waals surface area contributed by atoms with Crippen molar-refractivity contribution in [2.45, 2.75) is 6.43 Å². The van der Waals surface area contributed by atoms with Crippen molar-refractivity contribution in [1.29, 1.82) is 0 Å². The molecule has 9 heteroatoms. The van der Waals surface area contributed by atoms with Crippen molar-refractivity contribution in [2.75, 3.05) is 19.7 Å². The molecule has 0 unspecified atom stereocenters. The van der Waals surface area contributed by atoms with E-state index in [4.69, 9.17) is 5.11 Å². The molecule has 0 fully saturated rings. The molecule has 0 radical (unpaired) electrons. The molecule has 0 atom stereocenters. The lowest BCUT2D eigenvalue weighted by molar-refractivity contribution is -0.385. The minimum Gasteiger partial charge on any atom is -0.395 e. The largest absolute Gasteiger partial charge is 0.395 e. The molecule has 1 aromatic rings. The van der Waals surface area contributed by atoms with E-state index >= 15 is 0 Å². The molecule has 0 aliphatic rings. The van der Waals surface area contributed by atoms with Crippen molar-refractivity contribution in [3.63, 3.8) is 0 Å². The summed E-state index contributed by atoms with van der Waals surface area (Å²) in [5.74, 6) is -0.796. The maximum absolute atomic E-state index is 12.4. The number of hydrogen-bond acceptors (Lipinski definition) is 4. The Morgan fingerprint density at radius 3 is 2.65 bits per heavy atom. The van der Waals surface area contributed by atoms with Crippen LogP contribution in [0.15, 0.2) is 22.7 Å². The number of nitro benzene ring substituents is 1. The Labute approximate surface area is 121 Å². The first kappa shape index (κ1) is 16.4. The van der Waals surface area contributed by atoms with E-state index in [1.54, 1.807) is 0 Å². The summed E-state index contributed by atoms with van der Waals surface area (Å²) in [6.45, 7) is -1.59. The first-order valence-corrected chi connectivity index (χ1v) is 6.28. The van der Waals surface area contributed by atoms with Crippen LogP contribution >= 0.6 is 15.9 Å². The average molecular weight is 353 g/mol. The van der Waals surface area contributed by atoms with Gasteiger partial charge in [-0.2, -0.15) is 0 Å². The number of amides is 1. The molecule has 6 nitrogen and oxygen atoms in total. The Morgan fingerprint density at radius 1 is 1.50 bits per heavy atom. The second kappa shape index (κ2) is 7.25. The zero-order valence-electron chi connectivity index (χ0n) is 10.1. The summed E-state index contributed by atoms with van der Waals surface area (Å²) < 4.78 is 24.9. The van der Waals surface area contributed by atoms with Crippen molar-refractivity contribution >= 4 is 27.5 Å². The molecule has 0 spiro atoms. The Bertz CT molecular complexity index is 513. The lowest BCUT2D eigenvalue weighted by Crippen LogP contribution is -2.37. The van der Waals surface area contributed by atoms with Gasteiger partial charge in [-0.05, 0) is 28.1 Å². The summed E-state index contributed by atoms with van der Waals surface area (Å²) in [6, 6.07) is 3.59. The number of carbonyl (C=O) groups excluding carboxylic acids is 1. The molecule has 1 rings (SSSR count). The van der Waals surface area contributed by atoms with Crippen LogP contribution in [0.4, 0.5) is 14.5 Å². The molecule has 1 N–H and O–H groups in total. The monoisotopic (exact) mass is 352 g/mol. The summed E-state index contributed by atoms with van der Waals surface area (Å²) in [4.78, 5) is 22.8. The molecule has 0 aromatic heterocycles. The fourth-order valence-electron chi connectivity index (χ4n) is 1.53. The number of alkyl halides is 2. The van der Waals surface area contributed by atoms with Crippen LogP contribution in [0.2, 0.25) is 0 Å². The Kier molecular flexibility index (Phi) is 5.96. The summed E-state index contributed by atoms with van der Waals surface area (Å²) in [6.07, 6.45) is -2.75. The van der Waals surface area contributed by atoms with E-state index in [1.807, 2.05) is 0 Å². The number of aliphatic hydroxyl groups excluding tert-OH is 1. The van der Waals surface area contributed by atoms with Crippen molar-refractivity contribution in [3.8, 4) is 0 Å². The van der Waals surface area contributed by atoms with Crippen molar-refractivity contribution in [2.24, 2.45) is 0 Å². The summed E-state index contributed by atoms with van der Waals surface area (Å²) in [5, 5.41) is 19.5. The summed E-state index contributed by atoms with van der Waals surface area (Å²) in [5.41, 5.74) is -0.425. The SMILES string of the molecule is O=C(c1ccc(Br)c([N+](=O)[O-])c1)N(CCO)CC(F)F. The molecule has 0 saturated heterocycles. The van der Waals surface area contributed by atoms with Gasteiger partial charge in [0.1, 0.15) is 0 Å². The summed E-state index contributed by atoms with van der Waals surface area (Å²) >= 11 is 2.96. The maximum Gasteiger partial charge on any atom is 0.284 e. The third kappa shape index (κ3) is 4.20. The highest BCUT2D eigenvalue weighted by Gasteiger charge is 2.22. The molecule has 0 aliphatic heterocycles. The van der Waals surface area contributed by atoms with E-state index in [9.17, 15) is 23.7 Å². The number of rotatable bonds is 6. The molecule has 0 aliphatic carbocycles. The number of nitro groups is 1. The number of hydrogen-bond donors (Lipinski definition) is 1. The van der Waals surface area contributed by atoms with Crippen molar-refractivity contribution in [1.82, 2.24) is 4.90 Å². The molecule has 0 heterocycles. The van der Waals surface area contributed by atoms with E-state index in [-0.39, 0.29) is 22.3 Å². The number of halogens is 3. The van der Waals surface area contributed by atoms with Gasteiger partial charge in [0.25, 0.3) is 18.0 Å². The highest BCUT2D eigenvalue weighted by Crippen LogP contribution is 2.26. The van der Waals surface area contributed by atoms with Gasteiger partial charge in [-0.3, -0.25) is 14.9 Å². The van der Waals surface area contributed by atoms with Crippen molar-refractivity contribution < 1.29 is 23.6 Å². The average Bonchev–Trinajstić information content (AvgIpc) is 2.37. The highest BCUT2D eigenvalue weighted by atomic mass is 79.9. The second-order valence-corrected chi connectivity index (χ2v) is 4.64. The van der Waals surface area contributed by atoms with Gasteiger partial charge in [0.05, 0.1) is 22.5 Å². The Hall–Kier alpha value is -1.61. The normalized spacial score (nSPS) is 10.7. The van der Waals surface area contributed by atoms with Crippen LogP contribution in [0.25, 0.3) is 0 Å². The molecule has 110 valence electrons. The van der Waals surface area contributed by atoms with Crippen LogP contribution in [0.3, 0.4) is 0 Å². The molecule has 20 heavy (non-hydrogen) atoms. The Morgan fingerprint density at radius 2 is 2.15 bits per heavy atom. The van der Waals surface area contributed by atoms with Crippen LogP contribution < -0.4 is 0 Å². The lowest BCUT2D eigenvalue weighted by Gasteiger charge is -2.21. The van der Waals surface area contributed by atoms with E-state index in [0.717, 1.165) is 11.0 Å². The molecular formula is C11H11BrF2N2O4. The summed E-state index contributed by atoms with van der Waals surface area (Å²) in [7, 11) is 0. The lowest BCUT2D eigenvalue weighted by atomic mass is 10.1. The molecule has 1 aromatic carbocycles. The number of carbonyl (C=O) groups is 1. The fourth-order valence-corrected chi connectivity index (χ4v) is 1.92. The van der Waals surface area contributed by atoms with Gasteiger partial charge >= 0.3 is 0 Å². The first-order chi connectivity index (χ1) is 9.36. The van der Waals surface area contributed by atoms with Crippen LogP contribution in [0, 0.1) is 10.1 Å². The van der Waals surface area contributed by atoms with Gasteiger partial charge in [-0.25, -0.2) is 8.78 Å². The van der Waals surface area contributed by atoms with E-state index < -0.39 is 30.4 Å². The van der Waals surface area contributed by atoms with E-state index in [0.29, 0.717) is 0 Å². The molecule has 0 saturated carbocycles. The first-order valence-electron chi connectivity index (χ1n) is 5.49. The van der Waals surface area contributed by atoms with Gasteiger partial charge < -0.3 is 10.0 Å². The van der Waals surface area contributed by atoms with E-state index in [2.05, 4.69) is 15.9 Å². The molecular weight excluding hydrogens is 342 g/mol. The number of benzene rings is 1. The fraction of sp³-hybridized carbons (Fsp3) is 0.364. The topological polar surface area (TPSA) is 83.7 Å². The number of aliphatic hydroxyl groups is 1. The second-order valence-electron chi connectivity index (χ2n) is 3.79. The van der Waals surface area contributed by atoms with Gasteiger partial charge in [-0.1, -0.05) is 0 Å². The third-order valence-electron chi connectivity index (χ3n) is 2.41. The highest BCUT2D eigenvalue weighted by molar-refractivity contribution is 9.10. The zero-order valence-corrected chi connectivity index (χ0v) is 11.7. The molecule has 1 amide bonds. The van der Waals surface area contributed by atoms with Gasteiger partial charge in [0.2, 0.25) is 0 Å². The van der Waals surface area contributed by atoms with Gasteiger partial charge in [0, 0.05) is 18.2 Å². The minimum atomic E-state index is -2.75.